The molecular formula is C16H11F2N5O. The molecule has 0 saturated heterocycles. The third kappa shape index (κ3) is 2.03. The van der Waals surface area contributed by atoms with Gasteiger partial charge in [0.05, 0.1) is 17.6 Å². The molecule has 6 nitrogen and oxygen atoms in total. The summed E-state index contributed by atoms with van der Waals surface area (Å²) in [5.41, 5.74) is 6.65. The van der Waals surface area contributed by atoms with Crippen LogP contribution in [0.25, 0.3) is 16.7 Å². The van der Waals surface area contributed by atoms with E-state index in [-0.39, 0.29) is 23.6 Å². The summed E-state index contributed by atoms with van der Waals surface area (Å²) in [6.07, 6.45) is 0. The van der Waals surface area contributed by atoms with E-state index in [9.17, 15) is 13.6 Å². The highest BCUT2D eigenvalue weighted by molar-refractivity contribution is 5.81. The molecule has 4 rings (SSSR count). The quantitative estimate of drug-likeness (QED) is 0.610. The zero-order valence-corrected chi connectivity index (χ0v) is 12.3. The smallest absolute Gasteiger partial charge is 0.351 e. The van der Waals surface area contributed by atoms with Crippen molar-refractivity contribution in [3.8, 4) is 0 Å². The lowest BCUT2D eigenvalue weighted by Crippen LogP contribution is -2.22. The topological polar surface area (TPSA) is 78.2 Å². The molecule has 0 fully saturated rings. The number of anilines is 1. The van der Waals surface area contributed by atoms with Crippen molar-refractivity contribution < 1.29 is 8.78 Å². The SMILES string of the molecule is Nc1nc2ccccc2n2c(=O)n(Cc3cccc(F)c3F)nc12. The number of hydrogen-bond acceptors (Lipinski definition) is 4. The van der Waals surface area contributed by atoms with Crippen LogP contribution >= 0.6 is 0 Å². The number of hydrogen-bond donors (Lipinski definition) is 1. The standard InChI is InChI=1S/C16H11F2N5O/c17-10-5-3-4-9(13(10)18)8-22-16(24)23-12-7-2-1-6-11(12)20-14(19)15(23)21-22/h1-7H,8H2,(H2,19,20). The molecular weight excluding hydrogens is 316 g/mol. The summed E-state index contributed by atoms with van der Waals surface area (Å²) in [5.74, 6) is -1.89. The third-order valence-corrected chi connectivity index (χ3v) is 3.78. The van der Waals surface area contributed by atoms with Gasteiger partial charge in [0.1, 0.15) is 0 Å². The number of aromatic nitrogens is 4. The monoisotopic (exact) mass is 327 g/mol. The number of halogens is 2. The van der Waals surface area contributed by atoms with Crippen LogP contribution in [0.3, 0.4) is 0 Å². The number of nitrogen functional groups attached to an aromatic ring is 1. The van der Waals surface area contributed by atoms with Crippen LogP contribution in [0, 0.1) is 11.6 Å². The van der Waals surface area contributed by atoms with Crippen LogP contribution in [-0.4, -0.2) is 19.2 Å². The van der Waals surface area contributed by atoms with Crippen LogP contribution < -0.4 is 11.4 Å². The van der Waals surface area contributed by atoms with Crippen LogP contribution in [0.15, 0.2) is 47.3 Å². The van der Waals surface area contributed by atoms with Crippen LogP contribution in [-0.2, 0) is 6.54 Å². The molecule has 2 heterocycles. The van der Waals surface area contributed by atoms with Crippen LogP contribution in [0.1, 0.15) is 5.56 Å². The number of fused-ring (bicyclic) bond motifs is 3. The summed E-state index contributed by atoms with van der Waals surface area (Å²) in [6, 6.07) is 10.8. The van der Waals surface area contributed by atoms with Gasteiger partial charge in [-0.15, -0.1) is 5.10 Å². The molecule has 24 heavy (non-hydrogen) atoms. The summed E-state index contributed by atoms with van der Waals surface area (Å²) >= 11 is 0. The fraction of sp³-hybridized carbons (Fsp3) is 0.0625. The van der Waals surface area contributed by atoms with Crippen molar-refractivity contribution in [3.63, 3.8) is 0 Å². The molecule has 2 aromatic carbocycles. The second-order valence-corrected chi connectivity index (χ2v) is 5.30. The summed E-state index contributed by atoms with van der Waals surface area (Å²) in [4.78, 5) is 16.9. The number of nitrogens with zero attached hydrogens (tertiary/aromatic N) is 4. The van der Waals surface area contributed by atoms with E-state index >= 15 is 0 Å². The van der Waals surface area contributed by atoms with Gasteiger partial charge in [-0.2, -0.15) is 0 Å². The first-order chi connectivity index (χ1) is 11.6. The van der Waals surface area contributed by atoms with E-state index in [1.165, 1.54) is 16.5 Å². The Labute approximate surface area is 133 Å². The maximum atomic E-state index is 13.8. The van der Waals surface area contributed by atoms with Gasteiger partial charge in [0.25, 0.3) is 0 Å². The van der Waals surface area contributed by atoms with E-state index in [4.69, 9.17) is 5.73 Å². The summed E-state index contributed by atoms with van der Waals surface area (Å²) < 4.78 is 29.5. The average molecular weight is 327 g/mol. The van der Waals surface area contributed by atoms with Gasteiger partial charge >= 0.3 is 5.69 Å². The predicted molar refractivity (Wildman–Crippen MR) is 84.6 cm³/mol. The summed E-state index contributed by atoms with van der Waals surface area (Å²) in [7, 11) is 0. The Bertz CT molecular complexity index is 1150. The van der Waals surface area contributed by atoms with Gasteiger partial charge in [-0.1, -0.05) is 24.3 Å². The van der Waals surface area contributed by atoms with Gasteiger partial charge in [-0.3, -0.25) is 0 Å². The Kier molecular flexibility index (Phi) is 3.05. The van der Waals surface area contributed by atoms with Gasteiger partial charge in [-0.05, 0) is 18.2 Å². The number of para-hydroxylation sites is 2. The Morgan fingerprint density at radius 1 is 1.08 bits per heavy atom. The van der Waals surface area contributed by atoms with Gasteiger partial charge in [0.15, 0.2) is 17.5 Å². The van der Waals surface area contributed by atoms with Crippen molar-refractivity contribution >= 4 is 22.5 Å². The van der Waals surface area contributed by atoms with Crippen LogP contribution in [0.4, 0.5) is 14.6 Å². The molecule has 0 aliphatic rings. The molecule has 2 N–H and O–H groups in total. The molecule has 0 saturated carbocycles. The molecule has 0 atom stereocenters. The van der Waals surface area contributed by atoms with Crippen LogP contribution in [0.2, 0.25) is 0 Å². The lowest BCUT2D eigenvalue weighted by molar-refractivity contribution is 0.490. The lowest BCUT2D eigenvalue weighted by atomic mass is 10.2. The second kappa shape index (κ2) is 5.12. The van der Waals surface area contributed by atoms with Crippen molar-refractivity contribution in [1.29, 1.82) is 0 Å². The molecule has 0 spiro atoms. The largest absolute Gasteiger partial charge is 0.381 e. The predicted octanol–water partition coefficient (Wildman–Crippen LogP) is 1.95. The fourth-order valence-corrected chi connectivity index (χ4v) is 2.65. The Balaban J connectivity index is 1.96. The van der Waals surface area contributed by atoms with E-state index in [1.54, 1.807) is 24.3 Å². The number of benzene rings is 2. The highest BCUT2D eigenvalue weighted by atomic mass is 19.2. The van der Waals surface area contributed by atoms with E-state index in [2.05, 4.69) is 10.1 Å². The lowest BCUT2D eigenvalue weighted by Gasteiger charge is -2.02. The highest BCUT2D eigenvalue weighted by Gasteiger charge is 2.16. The number of nitrogens with two attached hydrogens (primary N) is 1. The number of rotatable bonds is 2. The molecule has 120 valence electrons. The Morgan fingerprint density at radius 2 is 1.88 bits per heavy atom. The van der Waals surface area contributed by atoms with E-state index in [1.807, 2.05) is 0 Å². The fourth-order valence-electron chi connectivity index (χ4n) is 2.65. The molecule has 8 heteroatoms. The minimum atomic E-state index is -1.00. The molecule has 0 bridgehead atoms. The van der Waals surface area contributed by atoms with Crippen LogP contribution in [0.5, 0.6) is 0 Å². The first-order valence-electron chi connectivity index (χ1n) is 7.13. The minimum Gasteiger partial charge on any atom is -0.381 e. The molecule has 0 aliphatic heterocycles. The molecule has 4 aromatic rings. The molecule has 0 aliphatic carbocycles. The maximum Gasteiger partial charge on any atom is 0.351 e. The first kappa shape index (κ1) is 14.3. The van der Waals surface area contributed by atoms with E-state index in [0.717, 1.165) is 10.7 Å². The second-order valence-electron chi connectivity index (χ2n) is 5.30. The molecule has 0 amide bonds. The Hall–Kier alpha value is -3.29. The average Bonchev–Trinajstić information content (AvgIpc) is 2.90. The summed E-state index contributed by atoms with van der Waals surface area (Å²) in [5, 5.41) is 4.12. The molecule has 2 aromatic heterocycles. The van der Waals surface area contributed by atoms with Gasteiger partial charge in [-0.25, -0.2) is 27.6 Å². The van der Waals surface area contributed by atoms with Crippen molar-refractivity contribution in [2.75, 3.05) is 5.73 Å². The van der Waals surface area contributed by atoms with Gasteiger partial charge < -0.3 is 5.73 Å². The van der Waals surface area contributed by atoms with E-state index in [0.29, 0.717) is 11.0 Å². The minimum absolute atomic E-state index is 0.0244. The Morgan fingerprint density at radius 3 is 2.71 bits per heavy atom. The van der Waals surface area contributed by atoms with Crippen molar-refractivity contribution in [2.24, 2.45) is 0 Å². The van der Waals surface area contributed by atoms with Gasteiger partial charge in [0.2, 0.25) is 5.65 Å². The van der Waals surface area contributed by atoms with Crippen molar-refractivity contribution in [1.82, 2.24) is 19.2 Å². The molecule has 0 radical (unpaired) electrons. The zero-order chi connectivity index (χ0) is 16.8. The van der Waals surface area contributed by atoms with Crippen molar-refractivity contribution in [3.05, 3.63) is 70.1 Å². The van der Waals surface area contributed by atoms with Crippen molar-refractivity contribution in [2.45, 2.75) is 6.54 Å². The third-order valence-electron chi connectivity index (χ3n) is 3.78. The van der Waals surface area contributed by atoms with E-state index < -0.39 is 17.3 Å². The first-order valence-corrected chi connectivity index (χ1v) is 7.13. The molecule has 0 unspecified atom stereocenters. The normalized spacial score (nSPS) is 11.4. The van der Waals surface area contributed by atoms with Gasteiger partial charge in [0, 0.05) is 5.56 Å². The summed E-state index contributed by atoms with van der Waals surface area (Å²) in [6.45, 7) is -0.210. The highest BCUT2D eigenvalue weighted by Crippen LogP contribution is 2.17. The zero-order valence-electron chi connectivity index (χ0n) is 12.3. The maximum absolute atomic E-state index is 13.8.